The highest BCUT2D eigenvalue weighted by molar-refractivity contribution is 6.60. The van der Waals surface area contributed by atoms with Crippen LogP contribution in [0.25, 0.3) is 0 Å². The van der Waals surface area contributed by atoms with Crippen LogP contribution in [-0.4, -0.2) is 19.2 Å². The largest absolute Gasteiger partial charge is 0.262 e. The van der Waals surface area contributed by atoms with Gasteiger partial charge in [-0.1, -0.05) is 26.5 Å². The van der Waals surface area contributed by atoms with Gasteiger partial charge in [0, 0.05) is 0 Å². The van der Waals surface area contributed by atoms with Crippen LogP contribution in [0.4, 0.5) is 13.2 Å². The predicted molar refractivity (Wildman–Crippen MR) is 37.6 cm³/mol. The van der Waals surface area contributed by atoms with Gasteiger partial charge in [-0.05, 0) is 0 Å². The summed E-state index contributed by atoms with van der Waals surface area (Å²) >= 11 is 0. The van der Waals surface area contributed by atoms with Gasteiger partial charge in [0.1, 0.15) is 6.07 Å². The summed E-state index contributed by atoms with van der Waals surface area (Å²) in [5.74, 6) is 0. The SMILES string of the molecule is CCB(CC)C(F)C(F)F. The molecule has 60 valence electrons. The summed E-state index contributed by atoms with van der Waals surface area (Å²) in [6, 6.07) is 0. The number of halogens is 3. The summed E-state index contributed by atoms with van der Waals surface area (Å²) in [6.07, 6.45) is -3.77. The van der Waals surface area contributed by atoms with Crippen molar-refractivity contribution in [3.05, 3.63) is 0 Å². The molecule has 1 atom stereocenters. The Morgan fingerprint density at radius 3 is 1.60 bits per heavy atom. The monoisotopic (exact) mass is 152 g/mol. The number of hydrogen-bond acceptors (Lipinski definition) is 0. The van der Waals surface area contributed by atoms with Crippen molar-refractivity contribution in [2.75, 3.05) is 0 Å². The van der Waals surface area contributed by atoms with Gasteiger partial charge in [-0.2, -0.15) is 0 Å². The smallest absolute Gasteiger partial charge is 0.251 e. The molecule has 0 spiro atoms. The second-order valence-electron chi connectivity index (χ2n) is 2.36. The molecule has 0 radical (unpaired) electrons. The molecule has 0 aromatic rings. The molecule has 0 amide bonds. The molecular weight excluding hydrogens is 140 g/mol. The van der Waals surface area contributed by atoms with Crippen molar-refractivity contribution >= 4 is 6.71 Å². The van der Waals surface area contributed by atoms with E-state index >= 15 is 0 Å². The maximum atomic E-state index is 12.4. The lowest BCUT2D eigenvalue weighted by atomic mass is 9.42. The van der Waals surface area contributed by atoms with Crippen molar-refractivity contribution in [2.24, 2.45) is 0 Å². The number of alkyl halides is 3. The molecule has 0 aliphatic heterocycles. The van der Waals surface area contributed by atoms with E-state index in [0.717, 1.165) is 0 Å². The van der Waals surface area contributed by atoms with Crippen molar-refractivity contribution < 1.29 is 13.2 Å². The van der Waals surface area contributed by atoms with E-state index in [-0.39, 0.29) is 0 Å². The van der Waals surface area contributed by atoms with E-state index in [1.54, 1.807) is 13.8 Å². The minimum atomic E-state index is -2.81. The second kappa shape index (κ2) is 4.64. The first-order valence-electron chi connectivity index (χ1n) is 3.55. The molecule has 0 saturated carbocycles. The van der Waals surface area contributed by atoms with Crippen LogP contribution in [0.2, 0.25) is 12.6 Å². The fraction of sp³-hybridized carbons (Fsp3) is 1.00. The first kappa shape index (κ1) is 9.85. The molecule has 0 aliphatic carbocycles. The van der Waals surface area contributed by atoms with Gasteiger partial charge in [0.2, 0.25) is 0 Å². The van der Waals surface area contributed by atoms with E-state index in [1.807, 2.05) is 0 Å². The molecule has 0 bridgehead atoms. The first-order chi connectivity index (χ1) is 4.63. The molecule has 0 N–H and O–H groups in total. The lowest BCUT2D eigenvalue weighted by Crippen LogP contribution is -2.31. The Bertz CT molecular complexity index is 83.1. The van der Waals surface area contributed by atoms with Gasteiger partial charge in [-0.3, -0.25) is 4.39 Å². The van der Waals surface area contributed by atoms with Crippen LogP contribution in [0.5, 0.6) is 0 Å². The first-order valence-corrected chi connectivity index (χ1v) is 3.55. The Hall–Kier alpha value is -0.145. The quantitative estimate of drug-likeness (QED) is 0.543. The maximum absolute atomic E-state index is 12.4. The lowest BCUT2D eigenvalue weighted by Gasteiger charge is -2.12. The fourth-order valence-corrected chi connectivity index (χ4v) is 0.945. The fourth-order valence-electron chi connectivity index (χ4n) is 0.945. The van der Waals surface area contributed by atoms with Gasteiger partial charge in [0.05, 0.1) is 0 Å². The third kappa shape index (κ3) is 2.63. The third-order valence-electron chi connectivity index (χ3n) is 1.74. The topological polar surface area (TPSA) is 0 Å². The van der Waals surface area contributed by atoms with Gasteiger partial charge < -0.3 is 0 Å². The summed E-state index contributed by atoms with van der Waals surface area (Å²) in [6.45, 7) is 2.98. The van der Waals surface area contributed by atoms with Crippen molar-refractivity contribution in [2.45, 2.75) is 39.0 Å². The summed E-state index contributed by atoms with van der Waals surface area (Å²) in [4.78, 5) is 0. The Morgan fingerprint density at radius 2 is 1.50 bits per heavy atom. The van der Waals surface area contributed by atoms with Crippen molar-refractivity contribution in [3.8, 4) is 0 Å². The van der Waals surface area contributed by atoms with Crippen LogP contribution >= 0.6 is 0 Å². The maximum Gasteiger partial charge on any atom is 0.262 e. The Morgan fingerprint density at radius 1 is 1.10 bits per heavy atom. The summed E-state index contributed by atoms with van der Waals surface area (Å²) in [5.41, 5.74) is 0. The molecule has 10 heavy (non-hydrogen) atoms. The van der Waals surface area contributed by atoms with E-state index in [0.29, 0.717) is 12.6 Å². The average molecular weight is 152 g/mol. The van der Waals surface area contributed by atoms with Crippen LogP contribution < -0.4 is 0 Å². The minimum Gasteiger partial charge on any atom is -0.251 e. The molecule has 1 unspecified atom stereocenters. The molecule has 0 aromatic heterocycles. The van der Waals surface area contributed by atoms with E-state index in [2.05, 4.69) is 0 Å². The molecule has 0 heterocycles. The zero-order valence-corrected chi connectivity index (χ0v) is 6.28. The van der Waals surface area contributed by atoms with E-state index in [1.165, 1.54) is 0 Å². The Kier molecular flexibility index (Phi) is 4.57. The van der Waals surface area contributed by atoms with Gasteiger partial charge in [-0.15, -0.1) is 0 Å². The zero-order valence-electron chi connectivity index (χ0n) is 6.28. The third-order valence-corrected chi connectivity index (χ3v) is 1.74. The highest BCUT2D eigenvalue weighted by atomic mass is 19.3. The van der Waals surface area contributed by atoms with E-state index < -0.39 is 19.2 Å². The Labute approximate surface area is 59.9 Å². The van der Waals surface area contributed by atoms with Crippen molar-refractivity contribution in [1.29, 1.82) is 0 Å². The average Bonchev–Trinajstić information content (AvgIpc) is 1.90. The van der Waals surface area contributed by atoms with Crippen LogP contribution in [0, 0.1) is 0 Å². The molecule has 0 rings (SSSR count). The molecule has 4 heteroatoms. The summed E-state index contributed by atoms with van der Waals surface area (Å²) in [7, 11) is 0. The molecular formula is C6H12BF3. The molecule has 0 nitrogen and oxygen atoms in total. The molecule has 0 aliphatic rings. The molecule has 0 aromatic carbocycles. The van der Waals surface area contributed by atoms with Crippen LogP contribution in [0.3, 0.4) is 0 Å². The minimum absolute atomic E-state index is 0.472. The van der Waals surface area contributed by atoms with Gasteiger partial charge in [-0.25, -0.2) is 8.78 Å². The standard InChI is InChI=1S/C6H12BF3/c1-3-7(4-2)5(8)6(9)10/h5-6H,3-4H2,1-2H3. The predicted octanol–water partition coefficient (Wildman–Crippen LogP) is 2.66. The number of rotatable bonds is 4. The molecule has 0 saturated heterocycles. The van der Waals surface area contributed by atoms with Gasteiger partial charge in [0.25, 0.3) is 6.43 Å². The summed E-state index contributed by atoms with van der Waals surface area (Å²) in [5, 5.41) is 0. The zero-order chi connectivity index (χ0) is 8.15. The van der Waals surface area contributed by atoms with Gasteiger partial charge >= 0.3 is 0 Å². The highest BCUT2D eigenvalue weighted by Crippen LogP contribution is 2.14. The summed E-state index contributed by atoms with van der Waals surface area (Å²) < 4.78 is 35.8. The van der Waals surface area contributed by atoms with Gasteiger partial charge in [0.15, 0.2) is 6.71 Å². The lowest BCUT2D eigenvalue weighted by molar-refractivity contribution is 0.0872. The second-order valence-corrected chi connectivity index (χ2v) is 2.36. The van der Waals surface area contributed by atoms with Crippen LogP contribution in [0.1, 0.15) is 13.8 Å². The van der Waals surface area contributed by atoms with Crippen molar-refractivity contribution in [1.82, 2.24) is 0 Å². The van der Waals surface area contributed by atoms with Crippen LogP contribution in [-0.2, 0) is 0 Å². The normalized spacial score (nSPS) is 13.8. The molecule has 0 fully saturated rings. The van der Waals surface area contributed by atoms with Crippen molar-refractivity contribution in [3.63, 3.8) is 0 Å². The van der Waals surface area contributed by atoms with E-state index in [9.17, 15) is 13.2 Å². The van der Waals surface area contributed by atoms with Crippen LogP contribution in [0.15, 0.2) is 0 Å². The highest BCUT2D eigenvalue weighted by Gasteiger charge is 2.29. The van der Waals surface area contributed by atoms with E-state index in [4.69, 9.17) is 0 Å². The number of hydrogen-bond donors (Lipinski definition) is 0. The Balaban J connectivity index is 3.76.